The molecule has 0 atom stereocenters. The lowest BCUT2D eigenvalue weighted by atomic mass is 10.0. The third-order valence-electron chi connectivity index (χ3n) is 5.14. The van der Waals surface area contributed by atoms with Crippen LogP contribution in [0.4, 0.5) is 5.69 Å². The number of halogens is 1. The Hall–Kier alpha value is -3.22. The van der Waals surface area contributed by atoms with Gasteiger partial charge in [0.15, 0.2) is 0 Å². The van der Waals surface area contributed by atoms with Crippen molar-refractivity contribution in [2.45, 2.75) is 16.3 Å². The van der Waals surface area contributed by atoms with E-state index in [0.717, 1.165) is 42.4 Å². The predicted octanol–water partition coefficient (Wildman–Crippen LogP) is 6.41. The molecule has 5 rings (SSSR count). The number of hydrogen-bond acceptors (Lipinski definition) is 4. The highest BCUT2D eigenvalue weighted by Crippen LogP contribution is 2.41. The molecule has 0 unspecified atom stereocenters. The van der Waals surface area contributed by atoms with Crippen LogP contribution in [0.1, 0.15) is 27.0 Å². The molecule has 0 saturated carbocycles. The second kappa shape index (κ2) is 9.10. The van der Waals surface area contributed by atoms with Crippen molar-refractivity contribution in [3.63, 3.8) is 0 Å². The average Bonchev–Trinajstić information content (AvgIpc) is 3.00. The molecule has 3 aromatic carbocycles. The Bertz CT molecular complexity index is 1320. The van der Waals surface area contributed by atoms with E-state index in [9.17, 15) is 4.79 Å². The molecule has 0 fully saturated rings. The molecule has 0 aliphatic carbocycles. The summed E-state index contributed by atoms with van der Waals surface area (Å²) in [5.41, 5.74) is 5.39. The van der Waals surface area contributed by atoms with Crippen molar-refractivity contribution in [3.05, 3.63) is 118 Å². The Balaban J connectivity index is 1.51. The normalized spacial score (nSPS) is 12.2. The molecule has 6 heteroatoms. The molecule has 0 bridgehead atoms. The Kier molecular flexibility index (Phi) is 5.88. The first-order valence-corrected chi connectivity index (χ1v) is 11.7. The summed E-state index contributed by atoms with van der Waals surface area (Å²) in [6.45, 7) is 0.450. The summed E-state index contributed by atoms with van der Waals surface area (Å²) in [4.78, 5) is 24.0. The number of aromatic nitrogens is 1. The van der Waals surface area contributed by atoms with Crippen LogP contribution in [-0.2, 0) is 6.54 Å². The zero-order valence-corrected chi connectivity index (χ0v) is 19.4. The van der Waals surface area contributed by atoms with E-state index in [1.54, 1.807) is 24.2 Å². The molecule has 0 spiro atoms. The predicted molar refractivity (Wildman–Crippen MR) is 132 cm³/mol. The summed E-state index contributed by atoms with van der Waals surface area (Å²) in [7, 11) is 0. The van der Waals surface area contributed by atoms with E-state index in [1.165, 1.54) is 0 Å². The van der Waals surface area contributed by atoms with E-state index in [0.29, 0.717) is 12.1 Å². The number of carbonyl (C=O) groups is 1. The Morgan fingerprint density at radius 3 is 2.50 bits per heavy atom. The van der Waals surface area contributed by atoms with Crippen LogP contribution in [0.25, 0.3) is 0 Å². The van der Waals surface area contributed by atoms with Crippen LogP contribution in [-0.4, -0.2) is 16.6 Å². The number of benzene rings is 3. The highest BCUT2D eigenvalue weighted by Gasteiger charge is 2.20. The molecule has 4 nitrogen and oxygen atoms in total. The summed E-state index contributed by atoms with van der Waals surface area (Å²) >= 11 is 5.18. The van der Waals surface area contributed by atoms with Gasteiger partial charge in [0.05, 0.1) is 11.4 Å². The molecule has 156 valence electrons. The van der Waals surface area contributed by atoms with Crippen LogP contribution in [0, 0.1) is 0 Å². The fourth-order valence-corrected chi connectivity index (χ4v) is 4.76. The van der Waals surface area contributed by atoms with E-state index in [1.807, 2.05) is 54.6 Å². The summed E-state index contributed by atoms with van der Waals surface area (Å²) < 4.78 is 1.02. The smallest absolute Gasteiger partial charge is 0.251 e. The van der Waals surface area contributed by atoms with Crippen LogP contribution in [0.3, 0.4) is 0 Å². The SMILES string of the molecule is O=C(NCc1ccncc1)c1ccc2c(c1)N=C(c1ccc(Br)cc1)c1ccccc1S2. The molecule has 32 heavy (non-hydrogen) atoms. The van der Waals surface area contributed by atoms with E-state index in [4.69, 9.17) is 4.99 Å². The zero-order valence-electron chi connectivity index (χ0n) is 17.0. The van der Waals surface area contributed by atoms with Gasteiger partial charge in [0.25, 0.3) is 5.91 Å². The van der Waals surface area contributed by atoms with Crippen molar-refractivity contribution in [2.75, 3.05) is 0 Å². The highest BCUT2D eigenvalue weighted by molar-refractivity contribution is 9.10. The zero-order chi connectivity index (χ0) is 21.9. The first-order chi connectivity index (χ1) is 15.7. The fourth-order valence-electron chi connectivity index (χ4n) is 3.50. The number of amides is 1. The Morgan fingerprint density at radius 1 is 0.906 bits per heavy atom. The van der Waals surface area contributed by atoms with Crippen molar-refractivity contribution in [1.29, 1.82) is 0 Å². The lowest BCUT2D eigenvalue weighted by Gasteiger charge is -2.09. The van der Waals surface area contributed by atoms with E-state index < -0.39 is 0 Å². The first-order valence-electron chi connectivity index (χ1n) is 10.1. The summed E-state index contributed by atoms with van der Waals surface area (Å²) in [5.74, 6) is -0.128. The summed E-state index contributed by atoms with van der Waals surface area (Å²) in [5, 5.41) is 2.98. The standard InChI is InChI=1S/C26H18BrN3OS/c27-20-8-5-18(6-9-20)25-21-3-1-2-4-23(21)32-24-10-7-19(15-22(24)30-25)26(31)29-16-17-11-13-28-14-12-17/h1-15H,16H2,(H,29,31). The van der Waals surface area contributed by atoms with Gasteiger partial charge in [-0.25, -0.2) is 4.99 Å². The number of carbonyl (C=O) groups excluding carboxylic acids is 1. The van der Waals surface area contributed by atoms with Crippen LogP contribution >= 0.6 is 27.7 Å². The Labute approximate surface area is 199 Å². The molecule has 1 N–H and O–H groups in total. The van der Waals surface area contributed by atoms with E-state index >= 15 is 0 Å². The minimum atomic E-state index is -0.128. The lowest BCUT2D eigenvalue weighted by Crippen LogP contribution is -2.22. The maximum absolute atomic E-state index is 12.8. The molecule has 1 aliphatic rings. The molecule has 1 amide bonds. The second-order valence-electron chi connectivity index (χ2n) is 7.29. The molecule has 4 aromatic rings. The molecular formula is C26H18BrN3OS. The Morgan fingerprint density at radius 2 is 1.69 bits per heavy atom. The van der Waals surface area contributed by atoms with Crippen molar-refractivity contribution >= 4 is 45.0 Å². The maximum atomic E-state index is 12.8. The topological polar surface area (TPSA) is 54.4 Å². The average molecular weight is 500 g/mol. The summed E-state index contributed by atoms with van der Waals surface area (Å²) in [6, 6.07) is 25.9. The van der Waals surface area contributed by atoms with Gasteiger partial charge < -0.3 is 5.32 Å². The fraction of sp³-hybridized carbons (Fsp3) is 0.0385. The van der Waals surface area contributed by atoms with Gasteiger partial charge in [-0.05, 0) is 54.1 Å². The van der Waals surface area contributed by atoms with Gasteiger partial charge in [0, 0.05) is 49.9 Å². The second-order valence-corrected chi connectivity index (χ2v) is 9.29. The molecular weight excluding hydrogens is 482 g/mol. The number of aliphatic imine (C=N–C) groups is 1. The molecule has 0 radical (unpaired) electrons. The number of nitrogens with one attached hydrogen (secondary N) is 1. The van der Waals surface area contributed by atoms with Gasteiger partial charge in [-0.2, -0.15) is 0 Å². The minimum absolute atomic E-state index is 0.128. The van der Waals surface area contributed by atoms with Gasteiger partial charge in [0.1, 0.15) is 0 Å². The van der Waals surface area contributed by atoms with Crippen LogP contribution in [0.5, 0.6) is 0 Å². The van der Waals surface area contributed by atoms with Crippen molar-refractivity contribution in [1.82, 2.24) is 10.3 Å². The van der Waals surface area contributed by atoms with Gasteiger partial charge in [-0.3, -0.25) is 9.78 Å². The van der Waals surface area contributed by atoms with Gasteiger partial charge in [-0.1, -0.05) is 58.0 Å². The van der Waals surface area contributed by atoms with Crippen molar-refractivity contribution in [3.8, 4) is 0 Å². The maximum Gasteiger partial charge on any atom is 0.251 e. The number of nitrogens with zero attached hydrogens (tertiary/aromatic N) is 2. The highest BCUT2D eigenvalue weighted by atomic mass is 79.9. The number of fused-ring (bicyclic) bond motifs is 2. The molecule has 1 aliphatic heterocycles. The van der Waals surface area contributed by atoms with Crippen LogP contribution < -0.4 is 5.32 Å². The van der Waals surface area contributed by atoms with Crippen LogP contribution in [0.2, 0.25) is 0 Å². The lowest BCUT2D eigenvalue weighted by molar-refractivity contribution is 0.0951. The van der Waals surface area contributed by atoms with Crippen molar-refractivity contribution in [2.24, 2.45) is 4.99 Å². The van der Waals surface area contributed by atoms with E-state index in [-0.39, 0.29) is 5.91 Å². The van der Waals surface area contributed by atoms with Gasteiger partial charge >= 0.3 is 0 Å². The molecule has 2 heterocycles. The van der Waals surface area contributed by atoms with Crippen LogP contribution in [0.15, 0.2) is 111 Å². The van der Waals surface area contributed by atoms with E-state index in [2.05, 4.69) is 50.5 Å². The summed E-state index contributed by atoms with van der Waals surface area (Å²) in [6.07, 6.45) is 3.44. The number of hydrogen-bond donors (Lipinski definition) is 1. The van der Waals surface area contributed by atoms with Gasteiger partial charge in [-0.15, -0.1) is 0 Å². The number of pyridine rings is 1. The minimum Gasteiger partial charge on any atom is -0.348 e. The first kappa shape index (κ1) is 20.7. The van der Waals surface area contributed by atoms with Crippen molar-refractivity contribution < 1.29 is 4.79 Å². The number of rotatable bonds is 4. The third-order valence-corrected chi connectivity index (χ3v) is 6.81. The monoisotopic (exact) mass is 499 g/mol. The quantitative estimate of drug-likeness (QED) is 0.310. The van der Waals surface area contributed by atoms with Gasteiger partial charge in [0.2, 0.25) is 0 Å². The molecule has 1 aromatic heterocycles. The largest absolute Gasteiger partial charge is 0.348 e. The third kappa shape index (κ3) is 4.38. The molecule has 0 saturated heterocycles.